The standard InChI is InChI=1S/C15H18N2O3/c1-8-6-9(2-4-11(8)15(19)20)17-14(18)12-7-10-3-5-13(12)16-10/h2,4,6,10,12-13,16H,3,5,7H2,1H3,(H,17,18)(H,19,20). The van der Waals surface area contributed by atoms with Crippen LogP contribution in [0, 0.1) is 12.8 Å². The van der Waals surface area contributed by atoms with Gasteiger partial charge < -0.3 is 15.7 Å². The Kier molecular flexibility index (Phi) is 3.22. The average Bonchev–Trinajstić information content (AvgIpc) is 3.00. The van der Waals surface area contributed by atoms with Crippen LogP contribution >= 0.6 is 0 Å². The largest absolute Gasteiger partial charge is 0.478 e. The summed E-state index contributed by atoms with van der Waals surface area (Å²) in [4.78, 5) is 23.2. The van der Waals surface area contributed by atoms with Crippen molar-refractivity contribution in [3.05, 3.63) is 29.3 Å². The number of hydrogen-bond acceptors (Lipinski definition) is 3. The van der Waals surface area contributed by atoms with Crippen molar-refractivity contribution in [1.29, 1.82) is 0 Å². The van der Waals surface area contributed by atoms with Crippen molar-refractivity contribution < 1.29 is 14.7 Å². The number of nitrogens with one attached hydrogen (secondary N) is 2. The zero-order chi connectivity index (χ0) is 14.3. The highest BCUT2D eigenvalue weighted by Gasteiger charge is 2.42. The van der Waals surface area contributed by atoms with E-state index in [1.165, 1.54) is 12.5 Å². The predicted octanol–water partition coefficient (Wildman–Crippen LogP) is 1.77. The minimum Gasteiger partial charge on any atom is -0.478 e. The van der Waals surface area contributed by atoms with Gasteiger partial charge in [0.1, 0.15) is 0 Å². The van der Waals surface area contributed by atoms with Crippen LogP contribution in [-0.2, 0) is 4.79 Å². The Morgan fingerprint density at radius 3 is 2.70 bits per heavy atom. The van der Waals surface area contributed by atoms with Crippen LogP contribution in [-0.4, -0.2) is 29.1 Å². The van der Waals surface area contributed by atoms with Crippen LogP contribution in [0.2, 0.25) is 0 Å². The molecule has 3 unspecified atom stereocenters. The first kappa shape index (κ1) is 13.1. The summed E-state index contributed by atoms with van der Waals surface area (Å²) in [5.41, 5.74) is 1.59. The Bertz CT molecular complexity index is 570. The Labute approximate surface area is 117 Å². The van der Waals surface area contributed by atoms with Gasteiger partial charge in [0, 0.05) is 17.8 Å². The van der Waals surface area contributed by atoms with Crippen molar-refractivity contribution in [2.45, 2.75) is 38.3 Å². The zero-order valence-corrected chi connectivity index (χ0v) is 11.3. The van der Waals surface area contributed by atoms with Gasteiger partial charge in [0.05, 0.1) is 11.5 Å². The third kappa shape index (κ3) is 2.29. The van der Waals surface area contributed by atoms with Crippen LogP contribution in [0.5, 0.6) is 0 Å². The fourth-order valence-electron chi connectivity index (χ4n) is 3.33. The Balaban J connectivity index is 1.70. The number of carbonyl (C=O) groups is 2. The van der Waals surface area contributed by atoms with Crippen LogP contribution in [0.4, 0.5) is 5.69 Å². The highest BCUT2D eigenvalue weighted by Crippen LogP contribution is 2.34. The summed E-state index contributed by atoms with van der Waals surface area (Å²) >= 11 is 0. The predicted molar refractivity (Wildman–Crippen MR) is 74.8 cm³/mol. The third-order valence-corrected chi connectivity index (χ3v) is 4.36. The fourth-order valence-corrected chi connectivity index (χ4v) is 3.33. The lowest BCUT2D eigenvalue weighted by molar-refractivity contribution is -0.120. The Morgan fingerprint density at radius 1 is 1.35 bits per heavy atom. The third-order valence-electron chi connectivity index (χ3n) is 4.36. The normalized spacial score (nSPS) is 27.6. The number of hydrogen-bond donors (Lipinski definition) is 3. The van der Waals surface area contributed by atoms with Crippen molar-refractivity contribution in [2.75, 3.05) is 5.32 Å². The number of rotatable bonds is 3. The first-order valence-corrected chi connectivity index (χ1v) is 6.95. The van der Waals surface area contributed by atoms with Crippen LogP contribution in [0.3, 0.4) is 0 Å². The molecule has 106 valence electrons. The number of aryl methyl sites for hydroxylation is 1. The molecule has 3 atom stereocenters. The molecule has 1 amide bonds. The second-order valence-corrected chi connectivity index (χ2v) is 5.71. The number of amides is 1. The monoisotopic (exact) mass is 274 g/mol. The van der Waals surface area contributed by atoms with Gasteiger partial charge >= 0.3 is 5.97 Å². The Morgan fingerprint density at radius 2 is 2.15 bits per heavy atom. The van der Waals surface area contributed by atoms with Crippen molar-refractivity contribution in [3.63, 3.8) is 0 Å². The number of carboxylic acid groups (broad SMARTS) is 1. The molecule has 0 aromatic heterocycles. The summed E-state index contributed by atoms with van der Waals surface area (Å²) in [5, 5.41) is 15.3. The van der Waals surface area contributed by atoms with Gasteiger partial charge in [-0.3, -0.25) is 4.79 Å². The lowest BCUT2D eigenvalue weighted by atomic mass is 9.88. The second-order valence-electron chi connectivity index (χ2n) is 5.71. The molecule has 2 aliphatic heterocycles. The molecular formula is C15H18N2O3. The molecule has 0 saturated carbocycles. The number of aromatic carboxylic acids is 1. The number of fused-ring (bicyclic) bond motifs is 2. The number of carboxylic acids is 1. The van der Waals surface area contributed by atoms with Crippen LogP contribution in [0.15, 0.2) is 18.2 Å². The van der Waals surface area contributed by atoms with Gasteiger partial charge in [0.25, 0.3) is 0 Å². The molecule has 0 aliphatic carbocycles. The lowest BCUT2D eigenvalue weighted by Gasteiger charge is -2.19. The Hall–Kier alpha value is -1.88. The average molecular weight is 274 g/mol. The molecule has 5 nitrogen and oxygen atoms in total. The zero-order valence-electron chi connectivity index (χ0n) is 11.3. The maximum Gasteiger partial charge on any atom is 0.335 e. The summed E-state index contributed by atoms with van der Waals surface area (Å²) in [5.74, 6) is -0.877. The fraction of sp³-hybridized carbons (Fsp3) is 0.467. The quantitative estimate of drug-likeness (QED) is 0.785. The minimum atomic E-state index is -0.947. The summed E-state index contributed by atoms with van der Waals surface area (Å²) < 4.78 is 0. The van der Waals surface area contributed by atoms with Gasteiger partial charge in [0.2, 0.25) is 5.91 Å². The van der Waals surface area contributed by atoms with Crippen molar-refractivity contribution in [2.24, 2.45) is 5.92 Å². The molecule has 2 heterocycles. The molecule has 2 fully saturated rings. The van der Waals surface area contributed by atoms with E-state index >= 15 is 0 Å². The molecule has 1 aromatic carbocycles. The summed E-state index contributed by atoms with van der Waals surface area (Å²) in [6.45, 7) is 1.73. The smallest absolute Gasteiger partial charge is 0.335 e. The number of anilines is 1. The van der Waals surface area contributed by atoms with E-state index in [0.29, 0.717) is 23.3 Å². The molecule has 2 aliphatic rings. The SMILES string of the molecule is Cc1cc(NC(=O)C2CC3CCC2N3)ccc1C(=O)O. The topological polar surface area (TPSA) is 78.4 Å². The second kappa shape index (κ2) is 4.90. The van der Waals surface area contributed by atoms with Crippen LogP contribution in [0.25, 0.3) is 0 Å². The van der Waals surface area contributed by atoms with E-state index in [-0.39, 0.29) is 17.4 Å². The lowest BCUT2D eigenvalue weighted by Crippen LogP contribution is -2.32. The van der Waals surface area contributed by atoms with Gasteiger partial charge in [-0.25, -0.2) is 4.79 Å². The maximum atomic E-state index is 12.3. The summed E-state index contributed by atoms with van der Waals surface area (Å²) in [6, 6.07) is 5.69. The van der Waals surface area contributed by atoms with Gasteiger partial charge in [-0.1, -0.05) is 0 Å². The first-order valence-electron chi connectivity index (χ1n) is 6.95. The minimum absolute atomic E-state index is 0.0344. The molecule has 1 aromatic rings. The first-order chi connectivity index (χ1) is 9.54. The molecule has 0 spiro atoms. The van der Waals surface area contributed by atoms with Crippen LogP contribution < -0.4 is 10.6 Å². The molecule has 5 heteroatoms. The van der Waals surface area contributed by atoms with Gasteiger partial charge in [-0.2, -0.15) is 0 Å². The number of carbonyl (C=O) groups excluding carboxylic acids is 1. The van der Waals surface area contributed by atoms with E-state index < -0.39 is 5.97 Å². The molecule has 2 saturated heterocycles. The van der Waals surface area contributed by atoms with E-state index in [0.717, 1.165) is 12.8 Å². The van der Waals surface area contributed by atoms with Crippen LogP contribution in [0.1, 0.15) is 35.2 Å². The molecule has 3 rings (SSSR count). The molecule has 20 heavy (non-hydrogen) atoms. The van der Waals surface area contributed by atoms with Gasteiger partial charge in [-0.05, 0) is 49.9 Å². The van der Waals surface area contributed by atoms with Crippen molar-refractivity contribution in [3.8, 4) is 0 Å². The molecule has 2 bridgehead atoms. The highest BCUT2D eigenvalue weighted by molar-refractivity contribution is 5.95. The molecular weight excluding hydrogens is 256 g/mol. The number of benzene rings is 1. The highest BCUT2D eigenvalue weighted by atomic mass is 16.4. The van der Waals surface area contributed by atoms with E-state index in [4.69, 9.17) is 5.11 Å². The van der Waals surface area contributed by atoms with Gasteiger partial charge in [0.15, 0.2) is 0 Å². The van der Waals surface area contributed by atoms with E-state index in [2.05, 4.69) is 10.6 Å². The maximum absolute atomic E-state index is 12.3. The molecule has 3 N–H and O–H groups in total. The summed E-state index contributed by atoms with van der Waals surface area (Å²) in [6.07, 6.45) is 3.14. The van der Waals surface area contributed by atoms with Crippen molar-refractivity contribution >= 4 is 17.6 Å². The summed E-state index contributed by atoms with van der Waals surface area (Å²) in [7, 11) is 0. The molecule has 0 radical (unpaired) electrons. The van der Waals surface area contributed by atoms with E-state index in [1.54, 1.807) is 19.1 Å². The van der Waals surface area contributed by atoms with E-state index in [1.807, 2.05) is 0 Å². The van der Waals surface area contributed by atoms with Gasteiger partial charge in [-0.15, -0.1) is 0 Å². The van der Waals surface area contributed by atoms with Crippen molar-refractivity contribution in [1.82, 2.24) is 5.32 Å². The van der Waals surface area contributed by atoms with E-state index in [9.17, 15) is 9.59 Å².